The molecule has 0 heterocycles. The van der Waals surface area contributed by atoms with Crippen molar-refractivity contribution in [3.63, 3.8) is 0 Å². The van der Waals surface area contributed by atoms with Crippen LogP contribution in [0.1, 0.15) is 126 Å². The number of hydrogen-bond acceptors (Lipinski definition) is 2. The summed E-state index contributed by atoms with van der Waals surface area (Å²) in [6, 6.07) is 0. The summed E-state index contributed by atoms with van der Waals surface area (Å²) in [6.07, 6.45) is 17.1. The van der Waals surface area contributed by atoms with Gasteiger partial charge in [-0.25, -0.2) is 0 Å². The fraction of sp³-hybridized carbons (Fsp3) is 0.968. The van der Waals surface area contributed by atoms with Crippen molar-refractivity contribution in [2.75, 3.05) is 0 Å². The highest BCUT2D eigenvalue weighted by atomic mass is 16.5. The van der Waals surface area contributed by atoms with Crippen LogP contribution in [0.4, 0.5) is 0 Å². The maximum absolute atomic E-state index is 11.7. The Morgan fingerprint density at radius 2 is 1.67 bits per heavy atom. The topological polar surface area (TPSA) is 26.3 Å². The highest BCUT2D eigenvalue weighted by molar-refractivity contribution is 5.66. The molecule has 5 fully saturated rings. The maximum Gasteiger partial charge on any atom is 0.302 e. The molecular weight excluding hydrogens is 404 g/mol. The van der Waals surface area contributed by atoms with Crippen molar-refractivity contribution in [1.29, 1.82) is 0 Å². The minimum absolute atomic E-state index is 0.0811. The van der Waals surface area contributed by atoms with E-state index in [2.05, 4.69) is 41.5 Å². The normalized spacial score (nSPS) is 51.2. The largest absolute Gasteiger partial charge is 0.462 e. The number of esters is 1. The lowest BCUT2D eigenvalue weighted by Crippen LogP contribution is -2.56. The second kappa shape index (κ2) is 7.99. The molecule has 5 aliphatic rings. The van der Waals surface area contributed by atoms with Gasteiger partial charge in [-0.1, -0.05) is 60.8 Å². The molecule has 0 bridgehead atoms. The smallest absolute Gasteiger partial charge is 0.302 e. The van der Waals surface area contributed by atoms with Crippen LogP contribution >= 0.6 is 0 Å². The molecule has 33 heavy (non-hydrogen) atoms. The number of fused-ring (bicyclic) bond motifs is 2. The summed E-state index contributed by atoms with van der Waals surface area (Å²) in [5.41, 5.74) is 2.27. The molecule has 0 aromatic rings. The Morgan fingerprint density at radius 3 is 2.36 bits per heavy atom. The molecule has 10 atom stereocenters. The van der Waals surface area contributed by atoms with Gasteiger partial charge in [0.05, 0.1) is 0 Å². The Morgan fingerprint density at radius 1 is 0.909 bits per heavy atom. The number of ether oxygens (including phenoxy) is 1. The lowest BCUT2D eigenvalue weighted by atomic mass is 9.43. The molecule has 5 aliphatic carbocycles. The Labute approximate surface area is 204 Å². The standard InChI is InChI=1S/C31H52O2/c1-20(2)9-8-10-21(3)24-13-15-29(7)27-12-11-25-22(4)26(33-23(5)32)14-16-30(25)19-31(27,30)18-17-28(24,29)6/h20-22,24-27H,8-19H2,1-7H3/t21-,22+,24-,25-,26+,27+,28-,29+,30-,31+/m1/s1. The maximum atomic E-state index is 11.7. The van der Waals surface area contributed by atoms with Crippen LogP contribution in [0.15, 0.2) is 0 Å². The van der Waals surface area contributed by atoms with Crippen molar-refractivity contribution in [2.24, 2.45) is 57.2 Å². The molecular formula is C31H52O2. The van der Waals surface area contributed by atoms with Gasteiger partial charge in [-0.05, 0) is 115 Å². The minimum atomic E-state index is -0.0811. The van der Waals surface area contributed by atoms with Crippen LogP contribution in [0.5, 0.6) is 0 Å². The van der Waals surface area contributed by atoms with Crippen molar-refractivity contribution in [2.45, 2.75) is 132 Å². The summed E-state index contributed by atoms with van der Waals surface area (Å²) in [5, 5.41) is 0. The van der Waals surface area contributed by atoms with E-state index in [0.717, 1.165) is 36.0 Å². The van der Waals surface area contributed by atoms with Crippen LogP contribution in [-0.4, -0.2) is 12.1 Å². The Balaban J connectivity index is 1.35. The van der Waals surface area contributed by atoms with E-state index in [9.17, 15) is 4.79 Å². The first-order valence-electron chi connectivity index (χ1n) is 14.7. The molecule has 2 spiro atoms. The SMILES string of the molecule is CC(=O)O[C@H]1CC[C@]23C[C@]24CC[C@]2(C)[C@@H]([C@H](C)CCCC(C)C)CC[C@@]2(C)[C@@H]4CC[C@@H]3[C@@H]1C. The van der Waals surface area contributed by atoms with Crippen molar-refractivity contribution in [3.8, 4) is 0 Å². The summed E-state index contributed by atoms with van der Waals surface area (Å²) in [6.45, 7) is 16.8. The molecule has 0 unspecified atom stereocenters. The van der Waals surface area contributed by atoms with E-state index >= 15 is 0 Å². The van der Waals surface area contributed by atoms with E-state index in [1.54, 1.807) is 6.92 Å². The zero-order valence-electron chi connectivity index (χ0n) is 22.8. The molecule has 0 radical (unpaired) electrons. The van der Waals surface area contributed by atoms with Gasteiger partial charge in [0.25, 0.3) is 0 Å². The second-order valence-corrected chi connectivity index (χ2v) is 14.6. The highest BCUT2D eigenvalue weighted by Crippen LogP contribution is 2.88. The van der Waals surface area contributed by atoms with E-state index in [0.29, 0.717) is 27.6 Å². The Kier molecular flexibility index (Phi) is 5.85. The molecule has 188 valence electrons. The van der Waals surface area contributed by atoms with E-state index in [-0.39, 0.29) is 12.1 Å². The molecule has 0 aromatic heterocycles. The van der Waals surface area contributed by atoms with Gasteiger partial charge >= 0.3 is 5.97 Å². The molecule has 2 heteroatoms. The molecule has 2 nitrogen and oxygen atoms in total. The zero-order chi connectivity index (χ0) is 23.8. The third-order valence-electron chi connectivity index (χ3n) is 13.1. The van der Waals surface area contributed by atoms with Crippen LogP contribution in [0.2, 0.25) is 0 Å². The van der Waals surface area contributed by atoms with Gasteiger partial charge in [0.1, 0.15) is 6.10 Å². The third kappa shape index (κ3) is 3.27. The molecule has 0 amide bonds. The summed E-state index contributed by atoms with van der Waals surface area (Å²) in [7, 11) is 0. The fourth-order valence-electron chi connectivity index (χ4n) is 11.4. The highest BCUT2D eigenvalue weighted by Gasteiger charge is 2.81. The fourth-order valence-corrected chi connectivity index (χ4v) is 11.4. The second-order valence-electron chi connectivity index (χ2n) is 14.6. The van der Waals surface area contributed by atoms with Gasteiger partial charge in [0.15, 0.2) is 0 Å². The van der Waals surface area contributed by atoms with Crippen molar-refractivity contribution >= 4 is 5.97 Å². The Bertz CT molecular complexity index is 773. The quantitative estimate of drug-likeness (QED) is 0.375. The van der Waals surface area contributed by atoms with Crippen molar-refractivity contribution in [3.05, 3.63) is 0 Å². The van der Waals surface area contributed by atoms with E-state index in [4.69, 9.17) is 4.74 Å². The molecule has 0 aliphatic heterocycles. The molecule has 5 rings (SSSR count). The van der Waals surface area contributed by atoms with Crippen LogP contribution in [0.3, 0.4) is 0 Å². The number of rotatable bonds is 6. The number of carbonyl (C=O) groups excluding carboxylic acids is 1. The van der Waals surface area contributed by atoms with E-state index in [1.807, 2.05) is 0 Å². The predicted octanol–water partition coefficient (Wildman–Crippen LogP) is 8.43. The Hall–Kier alpha value is -0.530. The summed E-state index contributed by atoms with van der Waals surface area (Å²) >= 11 is 0. The zero-order valence-corrected chi connectivity index (χ0v) is 22.8. The van der Waals surface area contributed by atoms with Crippen molar-refractivity contribution < 1.29 is 9.53 Å². The summed E-state index contributed by atoms with van der Waals surface area (Å²) in [4.78, 5) is 11.7. The van der Waals surface area contributed by atoms with Crippen LogP contribution in [0, 0.1) is 57.2 Å². The predicted molar refractivity (Wildman–Crippen MR) is 136 cm³/mol. The summed E-state index contributed by atoms with van der Waals surface area (Å²) in [5.74, 6) is 4.84. The van der Waals surface area contributed by atoms with Gasteiger partial charge in [-0.15, -0.1) is 0 Å². The van der Waals surface area contributed by atoms with Gasteiger partial charge in [-0.2, -0.15) is 0 Å². The first kappa shape index (κ1) is 24.2. The van der Waals surface area contributed by atoms with Gasteiger partial charge in [0.2, 0.25) is 0 Å². The third-order valence-corrected chi connectivity index (χ3v) is 13.1. The van der Waals surface area contributed by atoms with Crippen LogP contribution < -0.4 is 0 Å². The first-order chi connectivity index (χ1) is 15.5. The van der Waals surface area contributed by atoms with Crippen molar-refractivity contribution in [1.82, 2.24) is 0 Å². The average Bonchev–Trinajstić information content (AvgIpc) is 3.32. The minimum Gasteiger partial charge on any atom is -0.462 e. The molecule has 0 N–H and O–H groups in total. The molecule has 0 saturated heterocycles. The van der Waals surface area contributed by atoms with E-state index in [1.165, 1.54) is 70.6 Å². The first-order valence-corrected chi connectivity index (χ1v) is 14.7. The lowest BCUT2D eigenvalue weighted by Gasteiger charge is -2.62. The molecule has 5 saturated carbocycles. The lowest BCUT2D eigenvalue weighted by molar-refractivity contribution is -0.165. The number of carbonyl (C=O) groups is 1. The van der Waals surface area contributed by atoms with Gasteiger partial charge < -0.3 is 4.74 Å². The van der Waals surface area contributed by atoms with Gasteiger partial charge in [0, 0.05) is 6.92 Å². The van der Waals surface area contributed by atoms with Crippen LogP contribution in [-0.2, 0) is 9.53 Å². The average molecular weight is 457 g/mol. The molecule has 0 aromatic carbocycles. The summed E-state index contributed by atoms with van der Waals surface area (Å²) < 4.78 is 5.80. The van der Waals surface area contributed by atoms with E-state index < -0.39 is 0 Å². The van der Waals surface area contributed by atoms with Gasteiger partial charge in [-0.3, -0.25) is 4.79 Å². The number of hydrogen-bond donors (Lipinski definition) is 0. The van der Waals surface area contributed by atoms with Crippen LogP contribution in [0.25, 0.3) is 0 Å². The monoisotopic (exact) mass is 456 g/mol.